The highest BCUT2D eigenvalue weighted by Crippen LogP contribution is 2.36. The minimum Gasteiger partial charge on any atom is -0.290 e. The number of hydrogen-bond acceptors (Lipinski definition) is 4. The fourth-order valence-corrected chi connectivity index (χ4v) is 4.22. The van der Waals surface area contributed by atoms with E-state index in [1.54, 1.807) is 0 Å². The van der Waals surface area contributed by atoms with E-state index >= 15 is 0 Å². The van der Waals surface area contributed by atoms with E-state index in [1.165, 1.54) is 29.8 Å². The smallest absolute Gasteiger partial charge is 0.234 e. The van der Waals surface area contributed by atoms with Crippen molar-refractivity contribution in [3.05, 3.63) is 46.3 Å². The second-order valence-electron chi connectivity index (χ2n) is 7.28. The maximum Gasteiger partial charge on any atom is 0.234 e. The van der Waals surface area contributed by atoms with Gasteiger partial charge in [0, 0.05) is 48.5 Å². The third-order valence-electron chi connectivity index (χ3n) is 5.44. The number of aromatic nitrogens is 5. The summed E-state index contributed by atoms with van der Waals surface area (Å²) in [4.78, 5) is 11.9. The molecule has 1 saturated heterocycles. The van der Waals surface area contributed by atoms with E-state index in [9.17, 15) is 0 Å². The molecule has 1 aliphatic heterocycles. The molecule has 0 unspecified atom stereocenters. The van der Waals surface area contributed by atoms with Gasteiger partial charge in [-0.2, -0.15) is 5.10 Å². The van der Waals surface area contributed by atoms with Crippen LogP contribution in [-0.4, -0.2) is 35.6 Å². The van der Waals surface area contributed by atoms with Gasteiger partial charge in [0.2, 0.25) is 5.78 Å². The van der Waals surface area contributed by atoms with Crippen LogP contribution >= 0.6 is 0 Å². The third kappa shape index (κ3) is 2.74. The Morgan fingerprint density at radius 3 is 2.68 bits per heavy atom. The van der Waals surface area contributed by atoms with Gasteiger partial charge in [0.15, 0.2) is 0 Å². The molecule has 0 bridgehead atoms. The van der Waals surface area contributed by atoms with Gasteiger partial charge in [0.25, 0.3) is 0 Å². The molecule has 25 heavy (non-hydrogen) atoms. The molecule has 0 amide bonds. The first-order valence-corrected chi connectivity index (χ1v) is 9.00. The van der Waals surface area contributed by atoms with Crippen LogP contribution in [0.4, 0.5) is 0 Å². The molecular weight excluding hydrogens is 312 g/mol. The van der Waals surface area contributed by atoms with Gasteiger partial charge in [0.05, 0.1) is 11.4 Å². The summed E-state index contributed by atoms with van der Waals surface area (Å²) in [5, 5.41) is 4.61. The molecule has 1 aliphatic rings. The Morgan fingerprint density at radius 1 is 1.16 bits per heavy atom. The topological polar surface area (TPSA) is 51.2 Å². The summed E-state index contributed by atoms with van der Waals surface area (Å²) in [7, 11) is 2.03. The van der Waals surface area contributed by atoms with Crippen molar-refractivity contribution in [3.63, 3.8) is 0 Å². The monoisotopic (exact) mass is 338 g/mol. The lowest BCUT2D eigenvalue weighted by Gasteiger charge is -2.24. The fourth-order valence-electron chi connectivity index (χ4n) is 4.22. The maximum absolute atomic E-state index is 4.77. The Hall–Kier alpha value is -2.21. The van der Waals surface area contributed by atoms with Crippen molar-refractivity contribution in [3.8, 4) is 0 Å². The first-order chi connectivity index (χ1) is 11.9. The van der Waals surface area contributed by atoms with Crippen molar-refractivity contribution in [2.24, 2.45) is 7.05 Å². The van der Waals surface area contributed by atoms with Crippen LogP contribution in [0.2, 0.25) is 0 Å². The number of likely N-dealkylation sites (tertiary alicyclic amines) is 1. The quantitative estimate of drug-likeness (QED) is 0.736. The van der Waals surface area contributed by atoms with E-state index in [2.05, 4.69) is 52.4 Å². The molecule has 4 heterocycles. The molecule has 0 spiro atoms. The molecule has 132 valence electrons. The van der Waals surface area contributed by atoms with Crippen molar-refractivity contribution in [1.82, 2.24) is 29.0 Å². The molecule has 3 aromatic heterocycles. The van der Waals surface area contributed by atoms with Crippen LogP contribution in [0.5, 0.6) is 0 Å². The van der Waals surface area contributed by atoms with E-state index in [4.69, 9.17) is 4.98 Å². The molecule has 1 fully saturated rings. The van der Waals surface area contributed by atoms with Crippen molar-refractivity contribution in [2.75, 3.05) is 6.54 Å². The minimum atomic E-state index is 0.439. The molecule has 0 aliphatic carbocycles. The second-order valence-corrected chi connectivity index (χ2v) is 7.28. The molecule has 0 radical (unpaired) electrons. The lowest BCUT2D eigenvalue weighted by Crippen LogP contribution is -2.23. The number of aryl methyl sites for hydroxylation is 4. The molecule has 3 aromatic rings. The van der Waals surface area contributed by atoms with E-state index in [0.717, 1.165) is 35.9 Å². The average molecular weight is 338 g/mol. The molecule has 1 atom stereocenters. The average Bonchev–Trinajstić information content (AvgIpc) is 3.20. The highest BCUT2D eigenvalue weighted by atomic mass is 15.3. The normalized spacial score (nSPS) is 18.5. The molecule has 0 saturated carbocycles. The Morgan fingerprint density at radius 2 is 1.96 bits per heavy atom. The van der Waals surface area contributed by atoms with Gasteiger partial charge in [-0.3, -0.25) is 14.0 Å². The summed E-state index contributed by atoms with van der Waals surface area (Å²) in [6.45, 7) is 10.4. The number of hydrogen-bond donors (Lipinski definition) is 0. The summed E-state index contributed by atoms with van der Waals surface area (Å²) in [5.41, 5.74) is 7.11. The van der Waals surface area contributed by atoms with Crippen LogP contribution in [0.25, 0.3) is 5.78 Å². The molecule has 0 aromatic carbocycles. The van der Waals surface area contributed by atoms with E-state index in [-0.39, 0.29) is 0 Å². The first kappa shape index (κ1) is 16.3. The van der Waals surface area contributed by atoms with Gasteiger partial charge >= 0.3 is 0 Å². The zero-order valence-electron chi connectivity index (χ0n) is 15.7. The minimum absolute atomic E-state index is 0.439. The predicted molar refractivity (Wildman–Crippen MR) is 97.5 cm³/mol. The SMILES string of the molecule is Cc1cc(C)n2cc(CN3CCC[C@@H]3c3c(C)nn(C)c3C)nc2n1. The highest BCUT2D eigenvalue weighted by Gasteiger charge is 2.30. The maximum atomic E-state index is 4.77. The summed E-state index contributed by atoms with van der Waals surface area (Å²) in [5.74, 6) is 0.803. The van der Waals surface area contributed by atoms with Crippen LogP contribution in [0.3, 0.4) is 0 Å². The zero-order chi connectivity index (χ0) is 17.7. The van der Waals surface area contributed by atoms with Gasteiger partial charge in [-0.15, -0.1) is 0 Å². The highest BCUT2D eigenvalue weighted by molar-refractivity contribution is 5.35. The number of fused-ring (bicyclic) bond motifs is 1. The lowest BCUT2D eigenvalue weighted by molar-refractivity contribution is 0.244. The van der Waals surface area contributed by atoms with Gasteiger partial charge < -0.3 is 0 Å². The van der Waals surface area contributed by atoms with Crippen LogP contribution in [0.1, 0.15) is 52.9 Å². The predicted octanol–water partition coefficient (Wildman–Crippen LogP) is 3.03. The van der Waals surface area contributed by atoms with Crippen molar-refractivity contribution in [1.29, 1.82) is 0 Å². The zero-order valence-corrected chi connectivity index (χ0v) is 15.7. The fraction of sp³-hybridized carbons (Fsp3) is 0.526. The Kier molecular flexibility index (Phi) is 3.87. The largest absolute Gasteiger partial charge is 0.290 e. The molecular formula is C19H26N6. The third-order valence-corrected chi connectivity index (χ3v) is 5.44. The summed E-state index contributed by atoms with van der Waals surface area (Å²) >= 11 is 0. The van der Waals surface area contributed by atoms with E-state index in [1.807, 2.05) is 18.7 Å². The Labute approximate surface area is 148 Å². The van der Waals surface area contributed by atoms with Gasteiger partial charge in [-0.05, 0) is 53.1 Å². The van der Waals surface area contributed by atoms with Crippen LogP contribution in [0, 0.1) is 27.7 Å². The molecule has 4 rings (SSSR count). The summed E-state index contributed by atoms with van der Waals surface area (Å²) < 4.78 is 4.09. The van der Waals surface area contributed by atoms with Crippen LogP contribution in [-0.2, 0) is 13.6 Å². The Balaban J connectivity index is 1.64. The van der Waals surface area contributed by atoms with Gasteiger partial charge in [0.1, 0.15) is 0 Å². The Bertz CT molecular complexity index is 935. The second kappa shape index (κ2) is 5.95. The lowest BCUT2D eigenvalue weighted by atomic mass is 10.0. The molecule has 6 heteroatoms. The first-order valence-electron chi connectivity index (χ1n) is 9.00. The number of nitrogens with zero attached hydrogens (tertiary/aromatic N) is 6. The molecule has 6 nitrogen and oxygen atoms in total. The number of rotatable bonds is 3. The van der Waals surface area contributed by atoms with E-state index < -0.39 is 0 Å². The van der Waals surface area contributed by atoms with Gasteiger partial charge in [-0.1, -0.05) is 0 Å². The van der Waals surface area contributed by atoms with Crippen LogP contribution in [0.15, 0.2) is 12.3 Å². The molecule has 0 N–H and O–H groups in total. The summed E-state index contributed by atoms with van der Waals surface area (Å²) in [6, 6.07) is 2.54. The van der Waals surface area contributed by atoms with Crippen molar-refractivity contribution < 1.29 is 0 Å². The van der Waals surface area contributed by atoms with Crippen molar-refractivity contribution in [2.45, 2.75) is 53.1 Å². The van der Waals surface area contributed by atoms with Crippen molar-refractivity contribution >= 4 is 5.78 Å². The van der Waals surface area contributed by atoms with Crippen LogP contribution < -0.4 is 0 Å². The standard InChI is InChI=1S/C19H26N6/c1-12-9-13(2)25-11-16(21-19(25)20-12)10-24-8-6-7-17(24)18-14(3)22-23(5)15(18)4/h9,11,17H,6-8,10H2,1-5H3/t17-/m1/s1. The van der Waals surface area contributed by atoms with E-state index in [0.29, 0.717) is 6.04 Å². The van der Waals surface area contributed by atoms with Gasteiger partial charge in [-0.25, -0.2) is 9.97 Å². The summed E-state index contributed by atoms with van der Waals surface area (Å²) in [6.07, 6.45) is 4.55. The number of imidazole rings is 1.